The second kappa shape index (κ2) is 10.4. The van der Waals surface area contributed by atoms with Gasteiger partial charge in [0, 0.05) is 56.7 Å². The molecular weight excluding hydrogens is 459 g/mol. The van der Waals surface area contributed by atoms with E-state index in [0.717, 1.165) is 55.8 Å². The average Bonchev–Trinajstić information content (AvgIpc) is 3.50. The zero-order valence-electron chi connectivity index (χ0n) is 17.9. The summed E-state index contributed by atoms with van der Waals surface area (Å²) in [6.45, 7) is 5.17. The summed E-state index contributed by atoms with van der Waals surface area (Å²) < 4.78 is 25.1. The highest BCUT2D eigenvalue weighted by molar-refractivity contribution is 7.90. The number of sulfone groups is 1. The van der Waals surface area contributed by atoms with Gasteiger partial charge in [0.25, 0.3) is 5.56 Å². The van der Waals surface area contributed by atoms with Crippen molar-refractivity contribution in [3.05, 3.63) is 46.2 Å². The Morgan fingerprint density at radius 1 is 1.03 bits per heavy atom. The van der Waals surface area contributed by atoms with Crippen LogP contribution in [0.2, 0.25) is 0 Å². The van der Waals surface area contributed by atoms with Crippen molar-refractivity contribution in [1.29, 1.82) is 0 Å². The topological polar surface area (TPSA) is 75.5 Å². The Bertz CT molecular complexity index is 1050. The molecule has 1 aliphatic carbocycles. The summed E-state index contributed by atoms with van der Waals surface area (Å²) in [7, 11) is -1.13. The first-order valence-corrected chi connectivity index (χ1v) is 12.0. The Balaban J connectivity index is 0.00000171. The van der Waals surface area contributed by atoms with E-state index in [0.29, 0.717) is 19.0 Å². The zero-order chi connectivity index (χ0) is 20.6. The summed E-state index contributed by atoms with van der Waals surface area (Å²) in [5.74, 6) is 0.541. The maximum Gasteiger partial charge on any atom is 0.271 e. The van der Waals surface area contributed by atoms with Crippen molar-refractivity contribution >= 4 is 34.7 Å². The molecule has 4 rings (SSSR count). The van der Waals surface area contributed by atoms with E-state index in [1.54, 1.807) is 28.9 Å². The standard InChI is InChI=1S/C21H28N4O3S.2ClH/c1-23-9-11-24(12-10-23)15-18-13-20(22-25(21(18)26)14-16-3-4-16)17-5-7-19(8-6-17)29(2,27)28;;/h5-8,13,16H,3-4,9-12,14-15H2,1-2H3;2*1H. The predicted octanol–water partition coefficient (Wildman–Crippen LogP) is 2.31. The van der Waals surface area contributed by atoms with Gasteiger partial charge in [0.1, 0.15) is 0 Å². The molecule has 1 aliphatic heterocycles. The van der Waals surface area contributed by atoms with E-state index in [9.17, 15) is 13.2 Å². The van der Waals surface area contributed by atoms with Gasteiger partial charge in [-0.1, -0.05) is 12.1 Å². The van der Waals surface area contributed by atoms with Gasteiger partial charge in [-0.25, -0.2) is 13.1 Å². The van der Waals surface area contributed by atoms with Crippen LogP contribution in [0.25, 0.3) is 11.3 Å². The number of hydrogen-bond donors (Lipinski definition) is 0. The van der Waals surface area contributed by atoms with Gasteiger partial charge in [0.15, 0.2) is 9.84 Å². The molecule has 1 aromatic carbocycles. The van der Waals surface area contributed by atoms with Gasteiger partial charge < -0.3 is 4.90 Å². The molecule has 2 aliphatic rings. The van der Waals surface area contributed by atoms with Crippen LogP contribution in [0.3, 0.4) is 0 Å². The molecule has 0 radical (unpaired) electrons. The molecule has 2 fully saturated rings. The van der Waals surface area contributed by atoms with Gasteiger partial charge in [-0.05, 0) is 44.0 Å². The number of nitrogens with zero attached hydrogens (tertiary/aromatic N) is 4. The van der Waals surface area contributed by atoms with Crippen molar-refractivity contribution in [2.24, 2.45) is 5.92 Å². The molecule has 0 bridgehead atoms. The van der Waals surface area contributed by atoms with E-state index in [1.807, 2.05) is 6.07 Å². The monoisotopic (exact) mass is 488 g/mol. The third kappa shape index (κ3) is 6.52. The number of hydrogen-bond acceptors (Lipinski definition) is 6. The van der Waals surface area contributed by atoms with Crippen LogP contribution in [0.1, 0.15) is 18.4 Å². The average molecular weight is 489 g/mol. The largest absolute Gasteiger partial charge is 0.304 e. The lowest BCUT2D eigenvalue weighted by Crippen LogP contribution is -2.45. The number of piperazine rings is 1. The third-order valence-electron chi connectivity index (χ3n) is 5.74. The molecule has 0 N–H and O–H groups in total. The van der Waals surface area contributed by atoms with Gasteiger partial charge in [-0.15, -0.1) is 24.8 Å². The van der Waals surface area contributed by atoms with Crippen molar-refractivity contribution in [2.75, 3.05) is 39.5 Å². The Morgan fingerprint density at radius 3 is 2.19 bits per heavy atom. The molecule has 1 saturated carbocycles. The molecular formula is C21H30Cl2N4O3S. The molecule has 7 nitrogen and oxygen atoms in total. The third-order valence-corrected chi connectivity index (χ3v) is 6.87. The Kier molecular flexibility index (Phi) is 8.69. The Hall–Kier alpha value is -1.45. The van der Waals surface area contributed by atoms with Crippen LogP contribution in [0.4, 0.5) is 0 Å². The first kappa shape index (κ1) is 25.8. The second-order valence-corrected chi connectivity index (χ2v) is 10.4. The summed E-state index contributed by atoms with van der Waals surface area (Å²) in [5, 5.41) is 4.61. The van der Waals surface area contributed by atoms with Crippen molar-refractivity contribution in [1.82, 2.24) is 19.6 Å². The minimum absolute atomic E-state index is 0. The smallest absolute Gasteiger partial charge is 0.271 e. The van der Waals surface area contributed by atoms with Gasteiger partial charge in [-0.3, -0.25) is 9.69 Å². The van der Waals surface area contributed by atoms with Gasteiger partial charge >= 0.3 is 0 Å². The van der Waals surface area contributed by atoms with Gasteiger partial charge in [-0.2, -0.15) is 5.10 Å². The first-order chi connectivity index (χ1) is 13.8. The molecule has 0 unspecified atom stereocenters. The van der Waals surface area contributed by atoms with Crippen LogP contribution >= 0.6 is 24.8 Å². The number of aromatic nitrogens is 2. The molecule has 172 valence electrons. The molecule has 31 heavy (non-hydrogen) atoms. The van der Waals surface area contributed by atoms with Crippen LogP contribution in [0.5, 0.6) is 0 Å². The van der Waals surface area contributed by atoms with E-state index >= 15 is 0 Å². The molecule has 0 atom stereocenters. The summed E-state index contributed by atoms with van der Waals surface area (Å²) in [4.78, 5) is 17.9. The Labute approximate surface area is 196 Å². The highest BCUT2D eigenvalue weighted by Crippen LogP contribution is 2.30. The fraction of sp³-hybridized carbons (Fsp3) is 0.524. The van der Waals surface area contributed by atoms with E-state index in [1.165, 1.54) is 6.26 Å². The number of likely N-dealkylation sites (N-methyl/N-ethyl adjacent to an activating group) is 1. The summed E-state index contributed by atoms with van der Waals surface area (Å²) in [6.07, 6.45) is 3.49. The fourth-order valence-corrected chi connectivity index (χ4v) is 4.27. The molecule has 1 saturated heterocycles. The predicted molar refractivity (Wildman–Crippen MR) is 127 cm³/mol. The number of benzene rings is 1. The van der Waals surface area contributed by atoms with E-state index in [-0.39, 0.29) is 35.3 Å². The highest BCUT2D eigenvalue weighted by atomic mass is 35.5. The molecule has 10 heteroatoms. The van der Waals surface area contributed by atoms with Gasteiger partial charge in [0.05, 0.1) is 10.6 Å². The van der Waals surface area contributed by atoms with E-state index < -0.39 is 9.84 Å². The molecule has 0 amide bonds. The van der Waals surface area contributed by atoms with Crippen molar-refractivity contribution in [3.8, 4) is 11.3 Å². The maximum atomic E-state index is 13.0. The fourth-order valence-electron chi connectivity index (χ4n) is 3.64. The maximum absolute atomic E-state index is 13.0. The molecule has 2 heterocycles. The zero-order valence-corrected chi connectivity index (χ0v) is 20.3. The molecule has 1 aromatic heterocycles. The SMILES string of the molecule is CN1CCN(Cc2cc(-c3ccc(S(C)(=O)=O)cc3)nn(CC3CC3)c2=O)CC1.Cl.Cl. The second-order valence-electron chi connectivity index (χ2n) is 8.36. The highest BCUT2D eigenvalue weighted by Gasteiger charge is 2.24. The molecule has 0 spiro atoms. The Morgan fingerprint density at radius 2 is 1.65 bits per heavy atom. The lowest BCUT2D eigenvalue weighted by Gasteiger charge is -2.32. The first-order valence-electron chi connectivity index (χ1n) is 10.1. The van der Waals surface area contributed by atoms with Crippen molar-refractivity contribution in [2.45, 2.75) is 30.8 Å². The van der Waals surface area contributed by atoms with Crippen LogP contribution < -0.4 is 5.56 Å². The van der Waals surface area contributed by atoms with Crippen LogP contribution in [0.15, 0.2) is 40.0 Å². The normalized spacial score (nSPS) is 17.6. The minimum Gasteiger partial charge on any atom is -0.304 e. The summed E-state index contributed by atoms with van der Waals surface area (Å²) >= 11 is 0. The summed E-state index contributed by atoms with van der Waals surface area (Å²) in [5.41, 5.74) is 2.29. The van der Waals surface area contributed by atoms with Crippen molar-refractivity contribution in [3.63, 3.8) is 0 Å². The van der Waals surface area contributed by atoms with E-state index in [4.69, 9.17) is 0 Å². The van der Waals surface area contributed by atoms with Gasteiger partial charge in [0.2, 0.25) is 0 Å². The lowest BCUT2D eigenvalue weighted by molar-refractivity contribution is 0.147. The molecule has 2 aromatic rings. The van der Waals surface area contributed by atoms with E-state index in [2.05, 4.69) is 21.9 Å². The number of halogens is 2. The number of rotatable bonds is 6. The lowest BCUT2D eigenvalue weighted by atomic mass is 10.1. The quantitative estimate of drug-likeness (QED) is 0.620. The summed E-state index contributed by atoms with van der Waals surface area (Å²) in [6, 6.07) is 8.61. The minimum atomic E-state index is -3.24. The van der Waals surface area contributed by atoms with Crippen molar-refractivity contribution < 1.29 is 8.42 Å². The van der Waals surface area contributed by atoms with Crippen LogP contribution in [-0.4, -0.2) is 67.5 Å². The van der Waals surface area contributed by atoms with Crippen LogP contribution in [-0.2, 0) is 22.9 Å². The van der Waals surface area contributed by atoms with Crippen LogP contribution in [0, 0.1) is 5.92 Å².